The Morgan fingerprint density at radius 3 is 2.27 bits per heavy atom. The normalized spacial score (nSPS) is 10.1. The van der Waals surface area contributed by atoms with Crippen LogP contribution in [0, 0.1) is 19.7 Å². The number of anilines is 2. The van der Waals surface area contributed by atoms with E-state index in [1.54, 1.807) is 37.1 Å². The van der Waals surface area contributed by atoms with Crippen LogP contribution < -0.4 is 10.1 Å². The Morgan fingerprint density at radius 1 is 0.980 bits per heavy atom. The smallest absolute Gasteiger partial charge is 0.155 e. The molecule has 1 N–H and O–H groups in total. The van der Waals surface area contributed by atoms with E-state index in [1.807, 2.05) is 79.2 Å². The molecule has 0 saturated heterocycles. The van der Waals surface area contributed by atoms with Crippen LogP contribution in [0.3, 0.4) is 0 Å². The number of hydrogen-bond donors (Lipinski definition) is 1. The van der Waals surface area contributed by atoms with Crippen molar-refractivity contribution in [1.29, 1.82) is 0 Å². The van der Waals surface area contributed by atoms with Crippen LogP contribution in [0.25, 0.3) is 16.6 Å². The molecular weight excluding hydrogens is 615 g/mol. The van der Waals surface area contributed by atoms with E-state index in [9.17, 15) is 0 Å². The fraction of sp³-hybridized carbons (Fsp3) is 0.462. The van der Waals surface area contributed by atoms with E-state index in [4.69, 9.17) is 4.74 Å². The van der Waals surface area contributed by atoms with Gasteiger partial charge >= 0.3 is 0 Å². The van der Waals surface area contributed by atoms with E-state index in [1.165, 1.54) is 18.3 Å². The lowest BCUT2D eigenvalue weighted by Crippen LogP contribution is -2.15. The van der Waals surface area contributed by atoms with Crippen LogP contribution in [0.15, 0.2) is 60.2 Å². The molecule has 49 heavy (non-hydrogen) atoms. The summed E-state index contributed by atoms with van der Waals surface area (Å²) in [7, 11) is 5.78. The average Bonchev–Trinajstić information content (AvgIpc) is 3.57. The van der Waals surface area contributed by atoms with Gasteiger partial charge in [0.1, 0.15) is 30.0 Å². The van der Waals surface area contributed by atoms with Gasteiger partial charge in [-0.2, -0.15) is 5.10 Å². The minimum atomic E-state index is -0.375. The van der Waals surface area contributed by atoms with E-state index in [-0.39, 0.29) is 13.2 Å². The number of nitrogens with one attached hydrogen (secondary N) is 1. The van der Waals surface area contributed by atoms with Gasteiger partial charge in [-0.1, -0.05) is 61.5 Å². The Kier molecular flexibility index (Phi) is 22.4. The third-order valence-electron chi connectivity index (χ3n) is 6.67. The van der Waals surface area contributed by atoms with Gasteiger partial charge in [0, 0.05) is 37.1 Å². The largest absolute Gasteiger partial charge is 0.493 e. The Hall–Kier alpha value is -4.44. The number of hydrogen-bond acceptors (Lipinski definition) is 8. The van der Waals surface area contributed by atoms with Crippen LogP contribution in [0.2, 0.25) is 0 Å². The van der Waals surface area contributed by atoms with Gasteiger partial charge in [0.25, 0.3) is 0 Å². The first kappa shape index (κ1) is 44.6. The van der Waals surface area contributed by atoms with Crippen LogP contribution in [0.4, 0.5) is 15.9 Å². The van der Waals surface area contributed by atoms with Gasteiger partial charge in [0.05, 0.1) is 17.5 Å². The summed E-state index contributed by atoms with van der Waals surface area (Å²) in [5.74, 6) is 0.563. The highest BCUT2D eigenvalue weighted by molar-refractivity contribution is 5.93. The molecule has 2 aromatic carbocycles. The summed E-state index contributed by atoms with van der Waals surface area (Å²) in [4.78, 5) is 18.6. The van der Waals surface area contributed by atoms with E-state index in [0.717, 1.165) is 41.8 Å². The van der Waals surface area contributed by atoms with Crippen molar-refractivity contribution < 1.29 is 9.13 Å². The van der Waals surface area contributed by atoms with Gasteiger partial charge in [0.15, 0.2) is 5.65 Å². The number of halogens is 1. The Balaban J connectivity index is 0.00000171. The highest BCUT2D eigenvalue weighted by Gasteiger charge is 2.17. The molecule has 0 aliphatic carbocycles. The number of nitrogens with zero attached hydrogens (tertiary/aromatic N) is 7. The van der Waals surface area contributed by atoms with Gasteiger partial charge in [-0.3, -0.25) is 0 Å². The minimum absolute atomic E-state index is 0. The molecule has 0 fully saturated rings. The average molecular weight is 677 g/mol. The standard InChI is InChI=1S/C28H30FN7O.C3H7N.C3H8.2C2H6.CH4/c1-18-12-22(7-6-21(18)13-20-8-10-36-25(14-20)31-17-33-36)34-28-26-23(30-16-32-28)15-24(19(2)27(26)29)37-11-5-9-35(3)4;1-3-4-2;1-3-2;2*1-2;/h6-8,10,12,14-17H,5,9,11,13H2,1-4H3,(H,30,32,34);3H,1-2H3;3H2,1-2H3;2*1-2H3;1H4. The molecule has 10 heteroatoms. The maximum Gasteiger partial charge on any atom is 0.155 e. The lowest BCUT2D eigenvalue weighted by Gasteiger charge is -2.15. The van der Waals surface area contributed by atoms with Crippen molar-refractivity contribution in [2.45, 2.75) is 89.0 Å². The number of fused-ring (bicyclic) bond motifs is 2. The second-order valence-electron chi connectivity index (χ2n) is 10.7. The maximum absolute atomic E-state index is 15.5. The zero-order chi connectivity index (χ0) is 36.1. The summed E-state index contributed by atoms with van der Waals surface area (Å²) in [6.45, 7) is 19.3. The van der Waals surface area contributed by atoms with Crippen LogP contribution in [0.1, 0.15) is 91.0 Å². The van der Waals surface area contributed by atoms with Gasteiger partial charge in [0.2, 0.25) is 0 Å². The highest BCUT2D eigenvalue weighted by atomic mass is 19.1. The molecule has 0 spiro atoms. The first-order valence-electron chi connectivity index (χ1n) is 16.9. The lowest BCUT2D eigenvalue weighted by molar-refractivity contribution is 0.279. The first-order valence-corrected chi connectivity index (χ1v) is 16.9. The molecule has 0 aliphatic rings. The Morgan fingerprint density at radius 2 is 1.65 bits per heavy atom. The van der Waals surface area contributed by atoms with Crippen molar-refractivity contribution in [3.63, 3.8) is 0 Å². The summed E-state index contributed by atoms with van der Waals surface area (Å²) in [6.07, 6.45) is 9.54. The molecule has 270 valence electrons. The maximum atomic E-state index is 15.5. The van der Waals surface area contributed by atoms with Gasteiger partial charge in [-0.05, 0) is 94.9 Å². The number of aliphatic imine (C=N–C) groups is 1. The van der Waals surface area contributed by atoms with Crippen molar-refractivity contribution in [2.24, 2.45) is 4.99 Å². The van der Waals surface area contributed by atoms with Crippen molar-refractivity contribution in [2.75, 3.05) is 39.6 Å². The first-order chi connectivity index (χ1) is 23.2. The summed E-state index contributed by atoms with van der Waals surface area (Å²) in [5.41, 5.74) is 6.07. The van der Waals surface area contributed by atoms with Gasteiger partial charge in [-0.15, -0.1) is 0 Å². The molecule has 5 rings (SSSR count). The minimum Gasteiger partial charge on any atom is -0.493 e. The third kappa shape index (κ3) is 13.9. The topological polar surface area (TPSA) is 92.8 Å². The van der Waals surface area contributed by atoms with E-state index in [0.29, 0.717) is 34.6 Å². The molecule has 3 aromatic heterocycles. The Bertz CT molecular complexity index is 1660. The van der Waals surface area contributed by atoms with Crippen molar-refractivity contribution in [1.82, 2.24) is 29.5 Å². The molecule has 0 amide bonds. The van der Waals surface area contributed by atoms with E-state index in [2.05, 4.69) is 62.1 Å². The molecule has 5 aromatic rings. The fourth-order valence-electron chi connectivity index (χ4n) is 4.36. The molecule has 9 nitrogen and oxygen atoms in total. The Labute approximate surface area is 295 Å². The monoisotopic (exact) mass is 676 g/mol. The molecule has 0 aliphatic heterocycles. The van der Waals surface area contributed by atoms with Crippen LogP contribution in [-0.2, 0) is 6.42 Å². The number of ether oxygens (including phenoxy) is 1. The zero-order valence-corrected chi connectivity index (χ0v) is 31.2. The molecule has 0 saturated carbocycles. The number of aromatic nitrogens is 5. The molecule has 3 heterocycles. The molecule has 0 unspecified atom stereocenters. The molecule has 0 radical (unpaired) electrons. The quantitative estimate of drug-likeness (QED) is 0.123. The van der Waals surface area contributed by atoms with Crippen LogP contribution in [0.5, 0.6) is 5.75 Å². The van der Waals surface area contributed by atoms with E-state index >= 15 is 4.39 Å². The van der Waals surface area contributed by atoms with Crippen molar-refractivity contribution >= 4 is 34.3 Å². The number of benzene rings is 2. The zero-order valence-electron chi connectivity index (χ0n) is 31.2. The number of pyridine rings is 1. The van der Waals surface area contributed by atoms with Crippen molar-refractivity contribution in [3.8, 4) is 5.75 Å². The van der Waals surface area contributed by atoms with Crippen LogP contribution in [-0.4, -0.2) is 70.0 Å². The second kappa shape index (κ2) is 24.7. The number of aryl methyl sites for hydroxylation is 1. The fourth-order valence-corrected chi connectivity index (χ4v) is 4.36. The predicted molar refractivity (Wildman–Crippen MR) is 209 cm³/mol. The summed E-state index contributed by atoms with van der Waals surface area (Å²) in [6, 6.07) is 12.0. The van der Waals surface area contributed by atoms with Gasteiger partial charge in [-0.25, -0.2) is 23.9 Å². The summed E-state index contributed by atoms with van der Waals surface area (Å²) >= 11 is 0. The molecule has 0 bridgehead atoms. The number of rotatable bonds is 9. The third-order valence-corrected chi connectivity index (χ3v) is 6.67. The SMILES string of the molecule is C.CC.CC.CC=NC.CCC.Cc1cc(Nc2ncnc3cc(OCCCN(C)C)c(C)c(F)c23)ccc1Cc1ccn2ncnc2c1. The summed E-state index contributed by atoms with van der Waals surface area (Å²) in [5, 5.41) is 7.79. The van der Waals surface area contributed by atoms with Crippen molar-refractivity contribution in [3.05, 3.63) is 83.3 Å². The van der Waals surface area contributed by atoms with Crippen LogP contribution >= 0.6 is 0 Å². The van der Waals surface area contributed by atoms with E-state index < -0.39 is 0 Å². The highest BCUT2D eigenvalue weighted by Crippen LogP contribution is 2.33. The lowest BCUT2D eigenvalue weighted by atomic mass is 10.0. The molecular formula is C39H61FN8O. The summed E-state index contributed by atoms with van der Waals surface area (Å²) < 4.78 is 23.1. The van der Waals surface area contributed by atoms with Gasteiger partial charge < -0.3 is 19.9 Å². The second-order valence-corrected chi connectivity index (χ2v) is 10.7. The predicted octanol–water partition coefficient (Wildman–Crippen LogP) is 9.91. The molecule has 0 atom stereocenters.